The first-order chi connectivity index (χ1) is 6.22. The Morgan fingerprint density at radius 2 is 2.46 bits per heavy atom. The third-order valence-electron chi connectivity index (χ3n) is 1.72. The minimum Gasteiger partial charge on any atom is -0.391 e. The molecule has 1 heterocycles. The highest BCUT2D eigenvalue weighted by Crippen LogP contribution is 1.96. The summed E-state index contributed by atoms with van der Waals surface area (Å²) in [5.41, 5.74) is 0.827. The number of aliphatic hydroxyl groups excluding tert-OH is 1. The monoisotopic (exact) mass is 184 g/mol. The van der Waals surface area contributed by atoms with Gasteiger partial charge in [0.05, 0.1) is 11.8 Å². The number of hydrogen-bond acceptors (Lipinski definition) is 4. The number of likely N-dealkylation sites (N-methyl/N-ethyl adjacent to an activating group) is 1. The molecule has 1 rings (SSSR count). The summed E-state index contributed by atoms with van der Waals surface area (Å²) in [4.78, 5) is 0. The van der Waals surface area contributed by atoms with Crippen molar-refractivity contribution in [1.82, 2.24) is 20.3 Å². The first kappa shape index (κ1) is 10.1. The van der Waals surface area contributed by atoms with Gasteiger partial charge in [-0.05, 0) is 6.54 Å². The average Bonchev–Trinajstić information content (AvgIpc) is 2.48. The Bertz CT molecular complexity index is 248. The van der Waals surface area contributed by atoms with Gasteiger partial charge in [-0.2, -0.15) is 0 Å². The molecule has 0 aliphatic carbocycles. The van der Waals surface area contributed by atoms with E-state index in [9.17, 15) is 5.11 Å². The smallest absolute Gasteiger partial charge is 0.0853 e. The van der Waals surface area contributed by atoms with E-state index in [4.69, 9.17) is 0 Å². The normalized spacial score (nSPS) is 13.2. The Morgan fingerprint density at radius 1 is 1.69 bits per heavy atom. The molecule has 2 N–H and O–H groups in total. The third-order valence-corrected chi connectivity index (χ3v) is 1.72. The summed E-state index contributed by atoms with van der Waals surface area (Å²) in [6, 6.07) is 0. The molecule has 1 unspecified atom stereocenters. The van der Waals surface area contributed by atoms with Gasteiger partial charge < -0.3 is 10.4 Å². The summed E-state index contributed by atoms with van der Waals surface area (Å²) in [5.74, 6) is 0. The van der Waals surface area contributed by atoms with Gasteiger partial charge in [0.1, 0.15) is 0 Å². The molecule has 5 nitrogen and oxygen atoms in total. The highest BCUT2D eigenvalue weighted by Gasteiger charge is 2.06. The number of hydrogen-bond donors (Lipinski definition) is 2. The first-order valence-corrected chi connectivity index (χ1v) is 4.46. The largest absolute Gasteiger partial charge is 0.391 e. The number of aliphatic hydroxyl groups is 1. The number of nitrogens with zero attached hydrogens (tertiary/aromatic N) is 3. The maximum absolute atomic E-state index is 9.50. The van der Waals surface area contributed by atoms with Crippen molar-refractivity contribution in [1.29, 1.82) is 0 Å². The molecule has 0 saturated carbocycles. The second kappa shape index (κ2) is 4.94. The van der Waals surface area contributed by atoms with Crippen molar-refractivity contribution in [3.05, 3.63) is 11.9 Å². The van der Waals surface area contributed by atoms with Crippen molar-refractivity contribution >= 4 is 0 Å². The lowest BCUT2D eigenvalue weighted by atomic mass is 10.2. The number of rotatable bonds is 5. The molecule has 0 radical (unpaired) electrons. The second-order valence-electron chi connectivity index (χ2n) is 3.05. The highest BCUT2D eigenvalue weighted by molar-refractivity contribution is 4.94. The lowest BCUT2D eigenvalue weighted by molar-refractivity contribution is 0.171. The number of nitrogens with one attached hydrogen (secondary N) is 1. The molecule has 0 aliphatic rings. The number of aryl methyl sites for hydroxylation is 1. The summed E-state index contributed by atoms with van der Waals surface area (Å²) in [6.45, 7) is 3.49. The van der Waals surface area contributed by atoms with Crippen LogP contribution in [0.5, 0.6) is 0 Å². The molecule has 1 aromatic heterocycles. The zero-order valence-corrected chi connectivity index (χ0v) is 8.06. The molecule has 0 spiro atoms. The summed E-state index contributed by atoms with van der Waals surface area (Å²) >= 11 is 0. The van der Waals surface area contributed by atoms with Crippen LogP contribution < -0.4 is 5.32 Å². The van der Waals surface area contributed by atoms with Gasteiger partial charge in [0.15, 0.2) is 0 Å². The van der Waals surface area contributed by atoms with Gasteiger partial charge in [0.2, 0.25) is 0 Å². The molecule has 0 aromatic carbocycles. The van der Waals surface area contributed by atoms with Gasteiger partial charge in [-0.25, -0.2) is 0 Å². The van der Waals surface area contributed by atoms with Crippen LogP contribution in [0.25, 0.3) is 0 Å². The Hall–Kier alpha value is -0.940. The molecule has 0 bridgehead atoms. The fourth-order valence-electron chi connectivity index (χ4n) is 1.11. The predicted molar refractivity (Wildman–Crippen MR) is 49.3 cm³/mol. The lowest BCUT2D eigenvalue weighted by Gasteiger charge is -2.07. The van der Waals surface area contributed by atoms with Crippen LogP contribution in [0.1, 0.15) is 12.6 Å². The van der Waals surface area contributed by atoms with Gasteiger partial charge in [-0.15, -0.1) is 5.10 Å². The SMILES string of the molecule is CCNCC(O)Cc1cn(C)nn1. The highest BCUT2D eigenvalue weighted by atomic mass is 16.3. The molecule has 0 saturated heterocycles. The van der Waals surface area contributed by atoms with Gasteiger partial charge in [-0.1, -0.05) is 12.1 Å². The summed E-state index contributed by atoms with van der Waals surface area (Å²) in [6.07, 6.45) is 1.99. The van der Waals surface area contributed by atoms with Crippen LogP contribution in [0.2, 0.25) is 0 Å². The van der Waals surface area contributed by atoms with Crippen LogP contribution in [0.4, 0.5) is 0 Å². The van der Waals surface area contributed by atoms with Crippen LogP contribution in [0, 0.1) is 0 Å². The van der Waals surface area contributed by atoms with E-state index in [0.29, 0.717) is 13.0 Å². The quantitative estimate of drug-likeness (QED) is 0.637. The van der Waals surface area contributed by atoms with Crippen LogP contribution in [0.15, 0.2) is 6.20 Å². The van der Waals surface area contributed by atoms with Crippen molar-refractivity contribution in [2.45, 2.75) is 19.4 Å². The van der Waals surface area contributed by atoms with Crippen molar-refractivity contribution in [2.75, 3.05) is 13.1 Å². The van der Waals surface area contributed by atoms with Crippen molar-refractivity contribution in [3.8, 4) is 0 Å². The summed E-state index contributed by atoms with van der Waals surface area (Å²) in [7, 11) is 1.81. The minimum atomic E-state index is -0.378. The Kier molecular flexibility index (Phi) is 3.85. The van der Waals surface area contributed by atoms with Gasteiger partial charge in [-0.3, -0.25) is 4.68 Å². The summed E-state index contributed by atoms with van der Waals surface area (Å²) in [5, 5.41) is 20.2. The zero-order chi connectivity index (χ0) is 9.68. The van der Waals surface area contributed by atoms with E-state index in [1.807, 2.05) is 20.2 Å². The maximum Gasteiger partial charge on any atom is 0.0853 e. The molecule has 0 aliphatic heterocycles. The van der Waals surface area contributed by atoms with E-state index in [1.165, 1.54) is 0 Å². The standard InChI is InChI=1S/C8H16N4O/c1-3-9-5-8(13)4-7-6-12(2)11-10-7/h6,8-9,13H,3-5H2,1-2H3. The topological polar surface area (TPSA) is 63.0 Å². The fraction of sp³-hybridized carbons (Fsp3) is 0.750. The van der Waals surface area contributed by atoms with E-state index < -0.39 is 0 Å². The van der Waals surface area contributed by atoms with Crippen LogP contribution in [0.3, 0.4) is 0 Å². The van der Waals surface area contributed by atoms with E-state index in [1.54, 1.807) is 4.68 Å². The maximum atomic E-state index is 9.50. The van der Waals surface area contributed by atoms with E-state index in [2.05, 4.69) is 15.6 Å². The molecular weight excluding hydrogens is 168 g/mol. The molecule has 0 amide bonds. The van der Waals surface area contributed by atoms with Crippen molar-refractivity contribution in [3.63, 3.8) is 0 Å². The minimum absolute atomic E-state index is 0.378. The summed E-state index contributed by atoms with van der Waals surface area (Å²) < 4.78 is 1.63. The van der Waals surface area contributed by atoms with E-state index >= 15 is 0 Å². The van der Waals surface area contributed by atoms with Crippen LogP contribution >= 0.6 is 0 Å². The average molecular weight is 184 g/mol. The van der Waals surface area contributed by atoms with Gasteiger partial charge in [0, 0.05) is 26.2 Å². The Morgan fingerprint density at radius 3 is 3.00 bits per heavy atom. The molecule has 74 valence electrons. The second-order valence-corrected chi connectivity index (χ2v) is 3.05. The lowest BCUT2D eigenvalue weighted by Crippen LogP contribution is -2.28. The van der Waals surface area contributed by atoms with Crippen LogP contribution in [-0.4, -0.2) is 39.3 Å². The molecule has 1 atom stereocenters. The van der Waals surface area contributed by atoms with Crippen molar-refractivity contribution < 1.29 is 5.11 Å². The Labute approximate surface area is 77.8 Å². The first-order valence-electron chi connectivity index (χ1n) is 4.46. The van der Waals surface area contributed by atoms with E-state index in [-0.39, 0.29) is 6.10 Å². The fourth-order valence-corrected chi connectivity index (χ4v) is 1.11. The van der Waals surface area contributed by atoms with Gasteiger partial charge >= 0.3 is 0 Å². The molecule has 5 heteroatoms. The van der Waals surface area contributed by atoms with Crippen LogP contribution in [-0.2, 0) is 13.5 Å². The third kappa shape index (κ3) is 3.52. The molecular formula is C8H16N4O. The van der Waals surface area contributed by atoms with Crippen molar-refractivity contribution in [2.24, 2.45) is 7.05 Å². The molecule has 0 fully saturated rings. The zero-order valence-electron chi connectivity index (χ0n) is 8.06. The van der Waals surface area contributed by atoms with E-state index in [0.717, 1.165) is 12.2 Å². The molecule has 1 aromatic rings. The molecule has 13 heavy (non-hydrogen) atoms. The Balaban J connectivity index is 2.31. The number of aromatic nitrogens is 3. The van der Waals surface area contributed by atoms with Gasteiger partial charge in [0.25, 0.3) is 0 Å². The predicted octanol–water partition coefficient (Wildman–Crippen LogP) is -0.672.